The van der Waals surface area contributed by atoms with Crippen LogP contribution in [0.5, 0.6) is 11.6 Å². The highest BCUT2D eigenvalue weighted by atomic mass is 16.5. The molecule has 1 N–H and O–H groups in total. The van der Waals surface area contributed by atoms with E-state index >= 15 is 0 Å². The molecule has 1 saturated heterocycles. The van der Waals surface area contributed by atoms with Gasteiger partial charge in [-0.05, 0) is 30.2 Å². The number of rotatable bonds is 5. The molecule has 6 nitrogen and oxygen atoms in total. The Balaban J connectivity index is 1.58. The molecular weight excluding hydrogens is 328 g/mol. The summed E-state index contributed by atoms with van der Waals surface area (Å²) in [6, 6.07) is 14.1. The van der Waals surface area contributed by atoms with Gasteiger partial charge in [-0.3, -0.25) is 4.99 Å². The van der Waals surface area contributed by atoms with Crippen LogP contribution >= 0.6 is 0 Å². The van der Waals surface area contributed by atoms with Crippen LogP contribution in [0.25, 0.3) is 0 Å². The molecule has 3 rings (SSSR count). The number of hydrogen-bond donors (Lipinski definition) is 1. The van der Waals surface area contributed by atoms with Gasteiger partial charge in [0, 0.05) is 32.1 Å². The maximum absolute atomic E-state index is 5.24. The summed E-state index contributed by atoms with van der Waals surface area (Å²) in [5, 5.41) is 3.41. The molecule has 6 heteroatoms. The Morgan fingerprint density at radius 1 is 1.19 bits per heavy atom. The van der Waals surface area contributed by atoms with Crippen LogP contribution < -0.4 is 14.8 Å². The van der Waals surface area contributed by atoms with Crippen LogP contribution in [0.2, 0.25) is 0 Å². The molecule has 1 aromatic heterocycles. The van der Waals surface area contributed by atoms with Crippen molar-refractivity contribution in [3.63, 3.8) is 0 Å². The smallest absolute Gasteiger partial charge is 0.213 e. The second kappa shape index (κ2) is 8.56. The predicted molar refractivity (Wildman–Crippen MR) is 103 cm³/mol. The fourth-order valence-electron chi connectivity index (χ4n) is 3.27. The molecule has 2 aromatic rings. The molecule has 0 radical (unpaired) electrons. The third-order valence-electron chi connectivity index (χ3n) is 4.70. The number of guanidine groups is 1. The summed E-state index contributed by atoms with van der Waals surface area (Å²) in [5.41, 5.74) is 2.27. The van der Waals surface area contributed by atoms with Gasteiger partial charge >= 0.3 is 0 Å². The van der Waals surface area contributed by atoms with Crippen LogP contribution in [-0.2, 0) is 6.54 Å². The van der Waals surface area contributed by atoms with Crippen molar-refractivity contribution < 1.29 is 9.47 Å². The molecular formula is C20H26N4O2. The number of ether oxygens (including phenoxy) is 2. The Morgan fingerprint density at radius 2 is 2.00 bits per heavy atom. The van der Waals surface area contributed by atoms with Crippen molar-refractivity contribution in [2.75, 3.05) is 34.4 Å². The molecule has 0 saturated carbocycles. The highest BCUT2D eigenvalue weighted by Crippen LogP contribution is 2.28. The van der Waals surface area contributed by atoms with Crippen molar-refractivity contribution in [2.45, 2.75) is 18.9 Å². The normalized spacial score (nSPS) is 17.3. The second-order valence-corrected chi connectivity index (χ2v) is 6.28. The second-order valence-electron chi connectivity index (χ2n) is 6.28. The van der Waals surface area contributed by atoms with Crippen molar-refractivity contribution in [1.29, 1.82) is 0 Å². The Hall–Kier alpha value is -2.76. The van der Waals surface area contributed by atoms with Gasteiger partial charge in [0.05, 0.1) is 26.5 Å². The van der Waals surface area contributed by atoms with Crippen LogP contribution in [-0.4, -0.2) is 50.2 Å². The summed E-state index contributed by atoms with van der Waals surface area (Å²) in [5.74, 6) is 2.94. The number of hydrogen-bond acceptors (Lipinski definition) is 4. The number of aromatic nitrogens is 1. The quantitative estimate of drug-likeness (QED) is 0.661. The molecule has 1 aliphatic rings. The summed E-state index contributed by atoms with van der Waals surface area (Å²) in [7, 11) is 5.14. The van der Waals surface area contributed by atoms with Gasteiger partial charge in [0.2, 0.25) is 5.88 Å². The van der Waals surface area contributed by atoms with Gasteiger partial charge in [0.25, 0.3) is 0 Å². The third kappa shape index (κ3) is 4.25. The van der Waals surface area contributed by atoms with Crippen molar-refractivity contribution >= 4 is 5.96 Å². The monoisotopic (exact) mass is 354 g/mol. The van der Waals surface area contributed by atoms with E-state index < -0.39 is 0 Å². The maximum Gasteiger partial charge on any atom is 0.213 e. The Morgan fingerprint density at radius 3 is 2.69 bits per heavy atom. The topological polar surface area (TPSA) is 59.0 Å². The zero-order valence-electron chi connectivity index (χ0n) is 15.6. The molecule has 138 valence electrons. The van der Waals surface area contributed by atoms with E-state index in [-0.39, 0.29) is 0 Å². The Labute approximate surface area is 154 Å². The van der Waals surface area contributed by atoms with Gasteiger partial charge in [-0.15, -0.1) is 0 Å². The summed E-state index contributed by atoms with van der Waals surface area (Å²) in [6.45, 7) is 2.56. The zero-order chi connectivity index (χ0) is 18.4. The lowest BCUT2D eigenvalue weighted by Crippen LogP contribution is -2.39. The molecule has 2 heterocycles. The minimum absolute atomic E-state index is 0.509. The highest BCUT2D eigenvalue weighted by Gasteiger charge is 2.26. The van der Waals surface area contributed by atoms with Crippen LogP contribution in [0.1, 0.15) is 23.6 Å². The van der Waals surface area contributed by atoms with E-state index in [1.54, 1.807) is 14.2 Å². The maximum atomic E-state index is 5.24. The van der Waals surface area contributed by atoms with Gasteiger partial charge in [0.1, 0.15) is 5.75 Å². The van der Waals surface area contributed by atoms with Crippen molar-refractivity contribution in [1.82, 2.24) is 15.2 Å². The van der Waals surface area contributed by atoms with Gasteiger partial charge in [-0.1, -0.05) is 18.2 Å². The molecule has 1 fully saturated rings. The number of nitrogens with one attached hydrogen (secondary N) is 1. The number of methoxy groups -OCH3 is 2. The van der Waals surface area contributed by atoms with Crippen molar-refractivity contribution in [2.24, 2.45) is 4.99 Å². The van der Waals surface area contributed by atoms with E-state index in [0.717, 1.165) is 36.9 Å². The lowest BCUT2D eigenvalue weighted by Gasteiger charge is -2.21. The molecule has 1 aromatic carbocycles. The standard InChI is InChI=1S/C20H26N4O2/c1-21-20(22-13-17-5-4-6-19(23-17)26-3)24-12-11-16(14-24)15-7-9-18(25-2)10-8-15/h4-10,16H,11-14H2,1-3H3,(H,21,22). The van der Waals surface area contributed by atoms with E-state index in [0.29, 0.717) is 18.3 Å². The number of likely N-dealkylation sites (tertiary alicyclic amines) is 1. The molecule has 0 aliphatic carbocycles. The fraction of sp³-hybridized carbons (Fsp3) is 0.400. The molecule has 0 bridgehead atoms. The van der Waals surface area contributed by atoms with Crippen LogP contribution in [0, 0.1) is 0 Å². The van der Waals surface area contributed by atoms with E-state index in [1.807, 2.05) is 37.4 Å². The lowest BCUT2D eigenvalue weighted by atomic mass is 9.98. The first-order chi connectivity index (χ1) is 12.7. The Kier molecular flexibility index (Phi) is 5.94. The molecule has 0 amide bonds. The average molecular weight is 354 g/mol. The summed E-state index contributed by atoms with van der Waals surface area (Å²) < 4.78 is 10.4. The molecule has 26 heavy (non-hydrogen) atoms. The van der Waals surface area contributed by atoms with Gasteiger partial charge in [0.15, 0.2) is 5.96 Å². The number of pyridine rings is 1. The van der Waals surface area contributed by atoms with Gasteiger partial charge in [-0.2, -0.15) is 0 Å². The third-order valence-corrected chi connectivity index (χ3v) is 4.70. The van der Waals surface area contributed by atoms with Gasteiger partial charge in [-0.25, -0.2) is 4.98 Å². The zero-order valence-corrected chi connectivity index (χ0v) is 15.6. The van der Waals surface area contributed by atoms with Crippen molar-refractivity contribution in [3.05, 3.63) is 53.7 Å². The predicted octanol–water partition coefficient (Wildman–Crippen LogP) is 2.66. The number of aliphatic imine (C=N–C) groups is 1. The summed E-state index contributed by atoms with van der Waals surface area (Å²) >= 11 is 0. The largest absolute Gasteiger partial charge is 0.497 e. The number of nitrogens with zero attached hydrogens (tertiary/aromatic N) is 3. The average Bonchev–Trinajstić information content (AvgIpc) is 3.19. The van der Waals surface area contributed by atoms with Crippen LogP contribution in [0.15, 0.2) is 47.5 Å². The Bertz CT molecular complexity index is 746. The van der Waals surface area contributed by atoms with Crippen LogP contribution in [0.4, 0.5) is 0 Å². The molecule has 0 spiro atoms. The lowest BCUT2D eigenvalue weighted by molar-refractivity contribution is 0.396. The van der Waals surface area contributed by atoms with E-state index in [2.05, 4.69) is 32.3 Å². The first-order valence-corrected chi connectivity index (χ1v) is 8.83. The van der Waals surface area contributed by atoms with E-state index in [1.165, 1.54) is 5.56 Å². The first-order valence-electron chi connectivity index (χ1n) is 8.83. The molecule has 1 unspecified atom stereocenters. The van der Waals surface area contributed by atoms with Crippen molar-refractivity contribution in [3.8, 4) is 11.6 Å². The minimum atomic E-state index is 0.509. The minimum Gasteiger partial charge on any atom is -0.497 e. The number of benzene rings is 1. The first kappa shape index (κ1) is 18.0. The fourth-order valence-corrected chi connectivity index (χ4v) is 3.27. The van der Waals surface area contributed by atoms with E-state index in [9.17, 15) is 0 Å². The molecule has 1 aliphatic heterocycles. The SMILES string of the molecule is CN=C(NCc1cccc(OC)n1)N1CCC(c2ccc(OC)cc2)C1. The highest BCUT2D eigenvalue weighted by molar-refractivity contribution is 5.80. The molecule has 1 atom stereocenters. The summed E-state index contributed by atoms with van der Waals surface area (Å²) in [6.07, 6.45) is 1.12. The summed E-state index contributed by atoms with van der Waals surface area (Å²) in [4.78, 5) is 11.2. The van der Waals surface area contributed by atoms with Crippen LogP contribution in [0.3, 0.4) is 0 Å². The van der Waals surface area contributed by atoms with E-state index in [4.69, 9.17) is 9.47 Å². The van der Waals surface area contributed by atoms with Gasteiger partial charge < -0.3 is 19.7 Å².